The van der Waals surface area contributed by atoms with Crippen LogP contribution in [0, 0.1) is 6.92 Å². The van der Waals surface area contributed by atoms with E-state index in [4.69, 9.17) is 4.74 Å². The molecule has 7 heteroatoms. The van der Waals surface area contributed by atoms with E-state index in [9.17, 15) is 9.59 Å². The van der Waals surface area contributed by atoms with E-state index in [-0.39, 0.29) is 12.1 Å². The summed E-state index contributed by atoms with van der Waals surface area (Å²) in [5.74, 6) is 0.284. The van der Waals surface area contributed by atoms with Gasteiger partial charge in [0.25, 0.3) is 11.5 Å². The number of carbonyl (C=O) groups is 1. The van der Waals surface area contributed by atoms with Gasteiger partial charge in [-0.1, -0.05) is 48.0 Å². The van der Waals surface area contributed by atoms with Crippen molar-refractivity contribution >= 4 is 22.9 Å². The van der Waals surface area contributed by atoms with E-state index in [2.05, 4.69) is 15.6 Å². The van der Waals surface area contributed by atoms with Crippen molar-refractivity contribution in [1.29, 1.82) is 0 Å². The molecule has 0 unspecified atom stereocenters. The Morgan fingerprint density at radius 3 is 2.41 bits per heavy atom. The van der Waals surface area contributed by atoms with E-state index in [1.807, 2.05) is 55.5 Å². The molecule has 0 aliphatic heterocycles. The topological polar surface area (TPSA) is 85.6 Å². The van der Waals surface area contributed by atoms with Crippen molar-refractivity contribution in [3.63, 3.8) is 0 Å². The van der Waals surface area contributed by atoms with Gasteiger partial charge in [-0.3, -0.25) is 9.59 Å². The number of benzene rings is 3. The number of ether oxygens (including phenoxy) is 1. The summed E-state index contributed by atoms with van der Waals surface area (Å²) in [4.78, 5) is 25.4. The van der Waals surface area contributed by atoms with Gasteiger partial charge in [0.2, 0.25) is 0 Å². The Kier molecular flexibility index (Phi) is 6.07. The highest BCUT2D eigenvalue weighted by molar-refractivity contribution is 5.94. The van der Waals surface area contributed by atoms with Crippen molar-refractivity contribution in [2.24, 2.45) is 5.10 Å². The van der Waals surface area contributed by atoms with Gasteiger partial charge in [0.05, 0.1) is 24.4 Å². The molecular weight excluding hydrogens is 404 g/mol. The number of rotatable bonds is 6. The Labute approximate surface area is 185 Å². The van der Waals surface area contributed by atoms with Crippen molar-refractivity contribution in [1.82, 2.24) is 15.2 Å². The zero-order valence-electron chi connectivity index (χ0n) is 17.8. The molecule has 0 aliphatic rings. The number of hydrogen-bond donors (Lipinski definition) is 1. The van der Waals surface area contributed by atoms with E-state index >= 15 is 0 Å². The van der Waals surface area contributed by atoms with E-state index in [1.54, 1.807) is 31.4 Å². The van der Waals surface area contributed by atoms with Crippen LogP contribution in [0.1, 0.15) is 11.1 Å². The molecule has 0 aliphatic carbocycles. The lowest BCUT2D eigenvalue weighted by Gasteiger charge is -2.11. The van der Waals surface area contributed by atoms with Crippen LogP contribution in [0.15, 0.2) is 82.7 Å². The molecule has 0 atom stereocenters. The minimum atomic E-state index is -0.450. The highest BCUT2D eigenvalue weighted by Gasteiger charge is 2.14. The van der Waals surface area contributed by atoms with Crippen LogP contribution in [-0.4, -0.2) is 29.0 Å². The van der Waals surface area contributed by atoms with Crippen LogP contribution in [0.5, 0.6) is 5.75 Å². The van der Waals surface area contributed by atoms with Gasteiger partial charge in [0, 0.05) is 10.9 Å². The fourth-order valence-electron chi connectivity index (χ4n) is 3.31. The SMILES string of the molecule is COc1ccc(/C=N/NC(=O)Cn2nc(-c3ccc(C)cc3)c3ccccc3c2=O)cc1. The molecular formula is C25H22N4O3. The summed E-state index contributed by atoms with van der Waals surface area (Å²) in [5, 5.41) is 9.72. The van der Waals surface area contributed by atoms with Crippen LogP contribution in [0.3, 0.4) is 0 Å². The maximum atomic E-state index is 12.9. The Morgan fingerprint density at radius 1 is 1.03 bits per heavy atom. The average molecular weight is 426 g/mol. The zero-order chi connectivity index (χ0) is 22.5. The monoisotopic (exact) mass is 426 g/mol. The molecule has 7 nitrogen and oxygen atoms in total. The minimum Gasteiger partial charge on any atom is -0.497 e. The largest absolute Gasteiger partial charge is 0.497 e. The number of hydrogen-bond acceptors (Lipinski definition) is 5. The standard InChI is InChI=1S/C25H22N4O3/c1-17-7-11-19(12-8-17)24-21-5-3-4-6-22(21)25(31)29(28-24)16-23(30)27-26-15-18-9-13-20(32-2)14-10-18/h3-15H,16H2,1-2H3,(H,27,30)/b26-15+. The van der Waals surface area contributed by atoms with Gasteiger partial charge in [0.15, 0.2) is 0 Å². The first-order valence-corrected chi connectivity index (χ1v) is 10.1. The van der Waals surface area contributed by atoms with E-state index in [0.29, 0.717) is 11.1 Å². The van der Waals surface area contributed by atoms with E-state index in [1.165, 1.54) is 10.9 Å². The summed E-state index contributed by atoms with van der Waals surface area (Å²) in [7, 11) is 1.59. The number of nitrogens with one attached hydrogen (secondary N) is 1. The normalized spacial score (nSPS) is 11.1. The summed E-state index contributed by atoms with van der Waals surface area (Å²) in [6.07, 6.45) is 1.52. The fourth-order valence-corrected chi connectivity index (χ4v) is 3.31. The van der Waals surface area contributed by atoms with Crippen LogP contribution in [0.2, 0.25) is 0 Å². The summed E-state index contributed by atoms with van der Waals surface area (Å²) in [6, 6.07) is 22.4. The minimum absolute atomic E-state index is 0.248. The second kappa shape index (κ2) is 9.26. The second-order valence-electron chi connectivity index (χ2n) is 7.29. The molecule has 0 radical (unpaired) electrons. The predicted molar refractivity (Wildman–Crippen MR) is 125 cm³/mol. The predicted octanol–water partition coefficient (Wildman–Crippen LogP) is 3.53. The third-order valence-electron chi connectivity index (χ3n) is 5.00. The molecule has 0 fully saturated rings. The number of fused-ring (bicyclic) bond motifs is 1. The second-order valence-corrected chi connectivity index (χ2v) is 7.29. The first kappa shape index (κ1) is 21.0. The summed E-state index contributed by atoms with van der Waals surface area (Å²) in [6.45, 7) is 1.76. The molecule has 4 rings (SSSR count). The highest BCUT2D eigenvalue weighted by atomic mass is 16.5. The lowest BCUT2D eigenvalue weighted by molar-refractivity contribution is -0.121. The summed E-state index contributed by atoms with van der Waals surface area (Å²) >= 11 is 0. The average Bonchev–Trinajstić information content (AvgIpc) is 2.82. The lowest BCUT2D eigenvalue weighted by Crippen LogP contribution is -2.32. The van der Waals surface area contributed by atoms with E-state index in [0.717, 1.165) is 27.8 Å². The Balaban J connectivity index is 1.59. The van der Waals surface area contributed by atoms with Gasteiger partial charge in [-0.2, -0.15) is 10.2 Å². The number of carbonyl (C=O) groups excluding carboxylic acids is 1. The third kappa shape index (κ3) is 4.57. The summed E-state index contributed by atoms with van der Waals surface area (Å²) in [5.41, 5.74) is 5.57. The molecule has 4 aromatic rings. The number of methoxy groups -OCH3 is 1. The number of aromatic nitrogens is 2. The molecule has 1 aromatic heterocycles. The van der Waals surface area contributed by atoms with Crippen molar-refractivity contribution in [3.05, 3.63) is 94.3 Å². The van der Waals surface area contributed by atoms with Gasteiger partial charge in [-0.15, -0.1) is 0 Å². The van der Waals surface area contributed by atoms with Gasteiger partial charge in [-0.25, -0.2) is 10.1 Å². The first-order chi connectivity index (χ1) is 15.5. The van der Waals surface area contributed by atoms with Crippen LogP contribution < -0.4 is 15.7 Å². The number of amides is 1. The Morgan fingerprint density at radius 2 is 1.72 bits per heavy atom. The quantitative estimate of drug-likeness (QED) is 0.378. The van der Waals surface area contributed by atoms with Crippen molar-refractivity contribution < 1.29 is 9.53 Å². The molecule has 160 valence electrons. The molecule has 3 aromatic carbocycles. The Hall–Kier alpha value is -4.26. The van der Waals surface area contributed by atoms with Crippen LogP contribution in [0.4, 0.5) is 0 Å². The molecule has 0 saturated heterocycles. The molecule has 0 bridgehead atoms. The van der Waals surface area contributed by atoms with E-state index < -0.39 is 5.91 Å². The van der Waals surface area contributed by atoms with Gasteiger partial charge < -0.3 is 4.74 Å². The maximum Gasteiger partial charge on any atom is 0.275 e. The van der Waals surface area contributed by atoms with Crippen molar-refractivity contribution in [2.75, 3.05) is 7.11 Å². The van der Waals surface area contributed by atoms with Crippen LogP contribution >= 0.6 is 0 Å². The number of hydrazone groups is 1. The van der Waals surface area contributed by atoms with Crippen molar-refractivity contribution in [2.45, 2.75) is 13.5 Å². The number of nitrogens with zero attached hydrogens (tertiary/aromatic N) is 3. The van der Waals surface area contributed by atoms with Gasteiger partial charge in [0.1, 0.15) is 12.3 Å². The van der Waals surface area contributed by atoms with Gasteiger partial charge in [-0.05, 0) is 42.8 Å². The lowest BCUT2D eigenvalue weighted by atomic mass is 10.0. The smallest absolute Gasteiger partial charge is 0.275 e. The molecule has 1 N–H and O–H groups in total. The molecule has 1 amide bonds. The highest BCUT2D eigenvalue weighted by Crippen LogP contribution is 2.24. The zero-order valence-corrected chi connectivity index (χ0v) is 17.8. The molecule has 0 spiro atoms. The third-order valence-corrected chi connectivity index (χ3v) is 5.00. The van der Waals surface area contributed by atoms with Gasteiger partial charge >= 0.3 is 0 Å². The fraction of sp³-hybridized carbons (Fsp3) is 0.120. The van der Waals surface area contributed by atoms with Crippen molar-refractivity contribution in [3.8, 4) is 17.0 Å². The first-order valence-electron chi connectivity index (χ1n) is 10.1. The summed E-state index contributed by atoms with van der Waals surface area (Å²) < 4.78 is 6.29. The molecule has 0 saturated carbocycles. The van der Waals surface area contributed by atoms with Crippen LogP contribution in [-0.2, 0) is 11.3 Å². The number of aryl methyl sites for hydroxylation is 1. The molecule has 1 heterocycles. The molecule has 32 heavy (non-hydrogen) atoms. The van der Waals surface area contributed by atoms with Crippen LogP contribution in [0.25, 0.3) is 22.0 Å². The maximum absolute atomic E-state index is 12.9. The Bertz CT molecular complexity index is 1340.